The summed E-state index contributed by atoms with van der Waals surface area (Å²) in [5.41, 5.74) is -4.69. The SMILES string of the molecule is CC(C)(C)OC(=O)NC1=NC(C)(c2cc([N+](=O)[O-])ccc2F)C(F)(F)CO1. The Bertz CT molecular complexity index is 807. The van der Waals surface area contributed by atoms with Gasteiger partial charge in [-0.2, -0.15) is 8.78 Å². The summed E-state index contributed by atoms with van der Waals surface area (Å²) in [4.78, 5) is 25.5. The van der Waals surface area contributed by atoms with E-state index in [9.17, 15) is 28.1 Å². The molecule has 148 valence electrons. The topological polar surface area (TPSA) is 103 Å². The van der Waals surface area contributed by atoms with Crippen LogP contribution < -0.4 is 5.32 Å². The molecular formula is C16H18F3N3O5. The van der Waals surface area contributed by atoms with Crippen LogP contribution in [0.1, 0.15) is 33.3 Å². The van der Waals surface area contributed by atoms with E-state index >= 15 is 0 Å². The predicted octanol–water partition coefficient (Wildman–Crippen LogP) is 3.50. The van der Waals surface area contributed by atoms with E-state index in [-0.39, 0.29) is 0 Å². The molecule has 0 aliphatic carbocycles. The molecule has 11 heteroatoms. The zero-order valence-electron chi connectivity index (χ0n) is 15.0. The van der Waals surface area contributed by atoms with Crippen LogP contribution in [0.2, 0.25) is 0 Å². The lowest BCUT2D eigenvalue weighted by Gasteiger charge is -2.38. The van der Waals surface area contributed by atoms with E-state index in [1.807, 2.05) is 0 Å². The second kappa shape index (κ2) is 6.71. The van der Waals surface area contributed by atoms with Crippen LogP contribution in [0.25, 0.3) is 0 Å². The number of nitrogens with zero attached hydrogens (tertiary/aromatic N) is 2. The standard InChI is InChI=1S/C16H18F3N3O5/c1-14(2,3)27-13(23)20-12-21-15(4,16(18,19)8-26-12)10-7-9(22(24)25)5-6-11(10)17/h5-7H,8H2,1-4H3,(H,20,21,23). The van der Waals surface area contributed by atoms with Crippen molar-refractivity contribution in [3.63, 3.8) is 0 Å². The van der Waals surface area contributed by atoms with Crippen molar-refractivity contribution in [1.29, 1.82) is 0 Å². The lowest BCUT2D eigenvalue weighted by atomic mass is 9.85. The van der Waals surface area contributed by atoms with Gasteiger partial charge in [-0.3, -0.25) is 10.1 Å². The van der Waals surface area contributed by atoms with E-state index in [0.29, 0.717) is 12.1 Å². The first-order valence-corrected chi connectivity index (χ1v) is 7.80. The molecule has 1 amide bonds. The average Bonchev–Trinajstić information content (AvgIpc) is 2.49. The fourth-order valence-corrected chi connectivity index (χ4v) is 2.33. The zero-order chi connectivity index (χ0) is 20.6. The van der Waals surface area contributed by atoms with Crippen molar-refractivity contribution >= 4 is 17.8 Å². The second-order valence-electron chi connectivity index (χ2n) is 7.03. The maximum absolute atomic E-state index is 14.5. The number of halogens is 3. The molecule has 8 nitrogen and oxygen atoms in total. The highest BCUT2D eigenvalue weighted by Gasteiger charge is 2.57. The van der Waals surface area contributed by atoms with Crippen molar-refractivity contribution in [1.82, 2.24) is 5.32 Å². The molecule has 1 aromatic carbocycles. The number of carbonyl (C=O) groups is 1. The quantitative estimate of drug-likeness (QED) is 0.616. The zero-order valence-corrected chi connectivity index (χ0v) is 15.0. The van der Waals surface area contributed by atoms with Crippen LogP contribution in [0.5, 0.6) is 0 Å². The number of nitro groups is 1. The number of alkyl halides is 2. The predicted molar refractivity (Wildman–Crippen MR) is 88.1 cm³/mol. The van der Waals surface area contributed by atoms with Crippen molar-refractivity contribution in [3.8, 4) is 0 Å². The summed E-state index contributed by atoms with van der Waals surface area (Å²) in [6.45, 7) is 4.45. The molecule has 1 heterocycles. The Morgan fingerprint density at radius 3 is 2.59 bits per heavy atom. The van der Waals surface area contributed by atoms with E-state index in [0.717, 1.165) is 13.0 Å². The number of hydrogen-bond acceptors (Lipinski definition) is 6. The van der Waals surface area contributed by atoms with Gasteiger partial charge in [-0.25, -0.2) is 19.5 Å². The third kappa shape index (κ3) is 4.29. The summed E-state index contributed by atoms with van der Waals surface area (Å²) in [7, 11) is 0. The summed E-state index contributed by atoms with van der Waals surface area (Å²) in [5, 5.41) is 13.0. The molecule has 0 fully saturated rings. The molecule has 0 spiro atoms. The maximum atomic E-state index is 14.5. The summed E-state index contributed by atoms with van der Waals surface area (Å²) >= 11 is 0. The number of amides is 1. The van der Waals surface area contributed by atoms with Gasteiger partial charge in [0.25, 0.3) is 11.7 Å². The van der Waals surface area contributed by atoms with Gasteiger partial charge in [-0.1, -0.05) is 0 Å². The molecule has 0 saturated heterocycles. The Kier molecular flexibility index (Phi) is 5.08. The Hall–Kier alpha value is -2.85. The van der Waals surface area contributed by atoms with Crippen LogP contribution in [0.3, 0.4) is 0 Å². The number of non-ortho nitro benzene ring substituents is 1. The van der Waals surface area contributed by atoms with E-state index < -0.39 is 57.8 Å². The molecule has 27 heavy (non-hydrogen) atoms. The monoisotopic (exact) mass is 389 g/mol. The number of rotatable bonds is 2. The van der Waals surface area contributed by atoms with E-state index in [1.165, 1.54) is 0 Å². The largest absolute Gasteiger partial charge is 0.458 e. The molecule has 1 aliphatic heterocycles. The van der Waals surface area contributed by atoms with Crippen LogP contribution in [-0.4, -0.2) is 35.2 Å². The number of nitrogens with one attached hydrogen (secondary N) is 1. The highest BCUT2D eigenvalue weighted by Crippen LogP contribution is 2.45. The van der Waals surface area contributed by atoms with Gasteiger partial charge >= 0.3 is 12.0 Å². The fraction of sp³-hybridized carbons (Fsp3) is 0.500. The van der Waals surface area contributed by atoms with Gasteiger partial charge in [-0.05, 0) is 33.8 Å². The number of carbonyl (C=O) groups excluding carboxylic acids is 1. The molecular weight excluding hydrogens is 371 g/mol. The van der Waals surface area contributed by atoms with Crippen LogP contribution in [0, 0.1) is 15.9 Å². The van der Waals surface area contributed by atoms with Gasteiger partial charge < -0.3 is 9.47 Å². The highest BCUT2D eigenvalue weighted by molar-refractivity contribution is 5.91. The van der Waals surface area contributed by atoms with Crippen molar-refractivity contribution in [2.75, 3.05) is 6.61 Å². The van der Waals surface area contributed by atoms with Crippen LogP contribution in [-0.2, 0) is 15.0 Å². The third-order valence-corrected chi connectivity index (χ3v) is 3.72. The fourth-order valence-electron chi connectivity index (χ4n) is 2.33. The summed E-state index contributed by atoms with van der Waals surface area (Å²) in [6.07, 6.45) is -1.01. The number of ether oxygens (including phenoxy) is 2. The molecule has 0 saturated carbocycles. The molecule has 1 N–H and O–H groups in total. The first kappa shape index (κ1) is 20.5. The Labute approximate surface area is 152 Å². The van der Waals surface area contributed by atoms with Crippen molar-refractivity contribution in [3.05, 3.63) is 39.7 Å². The summed E-state index contributed by atoms with van der Waals surface area (Å²) in [6, 6.07) is 1.64. The number of hydrogen-bond donors (Lipinski definition) is 1. The van der Waals surface area contributed by atoms with E-state index in [2.05, 4.69) is 10.3 Å². The van der Waals surface area contributed by atoms with Crippen LogP contribution in [0.15, 0.2) is 23.2 Å². The molecule has 0 bridgehead atoms. The number of benzene rings is 1. The first-order chi connectivity index (χ1) is 12.2. The second-order valence-corrected chi connectivity index (χ2v) is 7.03. The number of alkyl carbamates (subject to hydrolysis) is 1. The van der Waals surface area contributed by atoms with Gasteiger partial charge in [0.15, 0.2) is 12.1 Å². The van der Waals surface area contributed by atoms with E-state index in [1.54, 1.807) is 20.8 Å². The van der Waals surface area contributed by atoms with Gasteiger partial charge in [0, 0.05) is 17.7 Å². The van der Waals surface area contributed by atoms with E-state index in [4.69, 9.17) is 9.47 Å². The first-order valence-electron chi connectivity index (χ1n) is 7.80. The lowest BCUT2D eigenvalue weighted by Crippen LogP contribution is -2.53. The minimum atomic E-state index is -3.71. The summed E-state index contributed by atoms with van der Waals surface area (Å²) in [5.74, 6) is -4.81. The molecule has 1 atom stereocenters. The Morgan fingerprint density at radius 1 is 1.41 bits per heavy atom. The molecule has 1 aliphatic rings. The van der Waals surface area contributed by atoms with Crippen molar-refractivity contribution < 1.29 is 32.4 Å². The molecule has 0 radical (unpaired) electrons. The smallest absolute Gasteiger partial charge is 0.415 e. The normalized spacial score (nSPS) is 21.7. The van der Waals surface area contributed by atoms with Gasteiger partial charge in [0.2, 0.25) is 0 Å². The maximum Gasteiger partial charge on any atom is 0.415 e. The number of amidine groups is 1. The third-order valence-electron chi connectivity index (χ3n) is 3.72. The lowest BCUT2D eigenvalue weighted by molar-refractivity contribution is -0.385. The van der Waals surface area contributed by atoms with Gasteiger partial charge in [0.05, 0.1) is 4.92 Å². The Balaban J connectivity index is 2.46. The number of aliphatic imine (C=N–C) groups is 1. The minimum absolute atomic E-state index is 0.577. The number of nitro benzene ring substituents is 1. The summed E-state index contributed by atoms with van der Waals surface area (Å²) < 4.78 is 53.0. The highest BCUT2D eigenvalue weighted by atomic mass is 19.3. The van der Waals surface area contributed by atoms with Crippen molar-refractivity contribution in [2.45, 2.75) is 44.8 Å². The van der Waals surface area contributed by atoms with Gasteiger partial charge in [0.1, 0.15) is 11.4 Å². The van der Waals surface area contributed by atoms with Crippen LogP contribution >= 0.6 is 0 Å². The average molecular weight is 389 g/mol. The van der Waals surface area contributed by atoms with Gasteiger partial charge in [-0.15, -0.1) is 0 Å². The van der Waals surface area contributed by atoms with Crippen LogP contribution in [0.4, 0.5) is 23.7 Å². The minimum Gasteiger partial charge on any atom is -0.458 e. The molecule has 1 unspecified atom stereocenters. The van der Waals surface area contributed by atoms with Crippen molar-refractivity contribution in [2.24, 2.45) is 4.99 Å². The molecule has 0 aromatic heterocycles. The Morgan fingerprint density at radius 2 is 2.04 bits per heavy atom. The molecule has 1 aromatic rings. The molecule has 2 rings (SSSR count).